The molecule has 0 aromatic heterocycles. The smallest absolute Gasteiger partial charge is 0.181 e. The Morgan fingerprint density at radius 2 is 1.03 bits per heavy atom. The highest BCUT2D eigenvalue weighted by atomic mass is 16.2. The van der Waals surface area contributed by atoms with Crippen LogP contribution in [0.2, 0.25) is 0 Å². The van der Waals surface area contributed by atoms with Crippen molar-refractivity contribution in [3.05, 3.63) is 95.1 Å². The fourth-order valence-electron chi connectivity index (χ4n) is 4.65. The predicted octanol–water partition coefficient (Wildman–Crippen LogP) is 4.65. The molecule has 1 aliphatic heterocycles. The number of Topliss-reactive ketones (excluding diaryl/α,β-unsaturated/α-hetero) is 2. The zero-order chi connectivity index (χ0) is 20.9. The normalized spacial score (nSPS) is 17.5. The average molecular weight is 396 g/mol. The molecule has 0 atom stereocenters. The first-order valence-electron chi connectivity index (χ1n) is 10.3. The molecular weight excluding hydrogens is 372 g/mol. The number of hydrogen-bond donors (Lipinski definition) is 0. The van der Waals surface area contributed by atoms with Crippen LogP contribution < -0.4 is 9.80 Å². The minimum atomic E-state index is -1.09. The first-order chi connectivity index (χ1) is 14.5. The minimum Gasteiger partial charge on any atom is -0.352 e. The van der Waals surface area contributed by atoms with Crippen LogP contribution in [-0.4, -0.2) is 31.3 Å². The van der Waals surface area contributed by atoms with Crippen molar-refractivity contribution >= 4 is 22.9 Å². The number of ketones is 2. The second-order valence-corrected chi connectivity index (χ2v) is 8.49. The van der Waals surface area contributed by atoms with Gasteiger partial charge in [-0.15, -0.1) is 0 Å². The number of rotatable bonds is 2. The van der Waals surface area contributed by atoms with E-state index in [2.05, 4.69) is 72.2 Å². The van der Waals surface area contributed by atoms with Gasteiger partial charge in [-0.2, -0.15) is 0 Å². The lowest BCUT2D eigenvalue weighted by Gasteiger charge is -2.46. The summed E-state index contributed by atoms with van der Waals surface area (Å²) >= 11 is 0. The fraction of sp³-hybridized carbons (Fsp3) is 0.231. The molecule has 0 bridgehead atoms. The van der Waals surface area contributed by atoms with Crippen molar-refractivity contribution in [3.8, 4) is 0 Å². The molecule has 0 N–H and O–H groups in total. The number of carbonyl (C=O) groups is 2. The molecule has 0 unspecified atom stereocenters. The molecule has 1 fully saturated rings. The SMILES string of the molecule is Cc1ccc(N2CN(c3ccc(C)cc3)CC3(C2)C(=O)c2ccccc2C3=O)cc1. The lowest BCUT2D eigenvalue weighted by molar-refractivity contribution is 0.0699. The summed E-state index contributed by atoms with van der Waals surface area (Å²) in [6, 6.07) is 23.8. The van der Waals surface area contributed by atoms with Crippen LogP contribution in [0.15, 0.2) is 72.8 Å². The third-order valence-corrected chi connectivity index (χ3v) is 6.35. The Hall–Kier alpha value is -3.40. The van der Waals surface area contributed by atoms with Gasteiger partial charge in [-0.1, -0.05) is 59.7 Å². The number of anilines is 2. The number of benzene rings is 3. The quantitative estimate of drug-likeness (QED) is 0.591. The molecule has 4 nitrogen and oxygen atoms in total. The molecule has 2 aliphatic rings. The van der Waals surface area contributed by atoms with Gasteiger partial charge in [0.2, 0.25) is 0 Å². The van der Waals surface area contributed by atoms with Crippen molar-refractivity contribution in [2.75, 3.05) is 29.6 Å². The van der Waals surface area contributed by atoms with Gasteiger partial charge in [0, 0.05) is 35.6 Å². The van der Waals surface area contributed by atoms with Crippen molar-refractivity contribution in [2.45, 2.75) is 13.8 Å². The standard InChI is InChI=1S/C26H24N2O2/c1-18-7-11-20(12-8-18)27-15-26(16-28(17-27)21-13-9-19(2)10-14-21)24(29)22-5-3-4-6-23(22)25(26)30/h3-14H,15-17H2,1-2H3. The molecule has 1 aliphatic carbocycles. The Bertz CT molecular complexity index is 1040. The Morgan fingerprint density at radius 1 is 0.633 bits per heavy atom. The highest BCUT2D eigenvalue weighted by molar-refractivity contribution is 6.30. The van der Waals surface area contributed by atoms with Crippen molar-refractivity contribution in [1.82, 2.24) is 0 Å². The lowest BCUT2D eigenvalue weighted by Crippen LogP contribution is -2.60. The van der Waals surface area contributed by atoms with Crippen LogP contribution in [0.3, 0.4) is 0 Å². The largest absolute Gasteiger partial charge is 0.352 e. The number of fused-ring (bicyclic) bond motifs is 1. The molecular formula is C26H24N2O2. The molecule has 0 saturated carbocycles. The van der Waals surface area contributed by atoms with E-state index < -0.39 is 5.41 Å². The maximum absolute atomic E-state index is 13.6. The van der Waals surface area contributed by atoms with E-state index in [0.29, 0.717) is 30.9 Å². The summed E-state index contributed by atoms with van der Waals surface area (Å²) in [7, 11) is 0. The summed E-state index contributed by atoms with van der Waals surface area (Å²) in [4.78, 5) is 31.5. The van der Waals surface area contributed by atoms with Crippen LogP contribution >= 0.6 is 0 Å². The Kier molecular flexibility index (Phi) is 4.24. The molecule has 4 heteroatoms. The van der Waals surface area contributed by atoms with Gasteiger partial charge in [-0.3, -0.25) is 9.59 Å². The summed E-state index contributed by atoms with van der Waals surface area (Å²) < 4.78 is 0. The lowest BCUT2D eigenvalue weighted by atomic mass is 9.79. The highest BCUT2D eigenvalue weighted by Crippen LogP contribution is 2.42. The van der Waals surface area contributed by atoms with Gasteiger partial charge in [0.1, 0.15) is 5.41 Å². The molecule has 3 aromatic carbocycles. The average Bonchev–Trinajstić information content (AvgIpc) is 2.96. The first kappa shape index (κ1) is 18.6. The number of carbonyl (C=O) groups excluding carboxylic acids is 2. The van der Waals surface area contributed by atoms with E-state index in [-0.39, 0.29) is 11.6 Å². The van der Waals surface area contributed by atoms with Crippen LogP contribution in [0.1, 0.15) is 31.8 Å². The Morgan fingerprint density at radius 3 is 1.43 bits per heavy atom. The molecule has 1 heterocycles. The van der Waals surface area contributed by atoms with Gasteiger partial charge in [0.25, 0.3) is 0 Å². The maximum atomic E-state index is 13.6. The molecule has 30 heavy (non-hydrogen) atoms. The van der Waals surface area contributed by atoms with Gasteiger partial charge in [0.15, 0.2) is 11.6 Å². The summed E-state index contributed by atoms with van der Waals surface area (Å²) in [6.45, 7) is 5.53. The van der Waals surface area contributed by atoms with E-state index in [4.69, 9.17) is 0 Å². The van der Waals surface area contributed by atoms with Crippen LogP contribution in [0.5, 0.6) is 0 Å². The fourth-order valence-corrected chi connectivity index (χ4v) is 4.65. The van der Waals surface area contributed by atoms with E-state index in [1.54, 1.807) is 12.1 Å². The van der Waals surface area contributed by atoms with E-state index in [9.17, 15) is 9.59 Å². The van der Waals surface area contributed by atoms with Crippen LogP contribution in [0.4, 0.5) is 11.4 Å². The molecule has 1 spiro atoms. The highest BCUT2D eigenvalue weighted by Gasteiger charge is 2.56. The molecule has 1 saturated heterocycles. The molecule has 0 radical (unpaired) electrons. The van der Waals surface area contributed by atoms with Crippen molar-refractivity contribution in [3.63, 3.8) is 0 Å². The van der Waals surface area contributed by atoms with E-state index in [0.717, 1.165) is 11.4 Å². The minimum absolute atomic E-state index is 0.0583. The summed E-state index contributed by atoms with van der Waals surface area (Å²) in [5, 5.41) is 0. The molecule has 150 valence electrons. The van der Waals surface area contributed by atoms with Crippen molar-refractivity contribution in [2.24, 2.45) is 5.41 Å². The number of aryl methyl sites for hydroxylation is 2. The molecule has 3 aromatic rings. The van der Waals surface area contributed by atoms with Gasteiger partial charge >= 0.3 is 0 Å². The van der Waals surface area contributed by atoms with Gasteiger partial charge in [-0.25, -0.2) is 0 Å². The zero-order valence-corrected chi connectivity index (χ0v) is 17.3. The predicted molar refractivity (Wildman–Crippen MR) is 119 cm³/mol. The van der Waals surface area contributed by atoms with Crippen molar-refractivity contribution < 1.29 is 9.59 Å². The number of nitrogens with zero attached hydrogens (tertiary/aromatic N) is 2. The van der Waals surface area contributed by atoms with Crippen molar-refractivity contribution in [1.29, 1.82) is 0 Å². The van der Waals surface area contributed by atoms with E-state index >= 15 is 0 Å². The number of hydrogen-bond acceptors (Lipinski definition) is 4. The summed E-state index contributed by atoms with van der Waals surface area (Å²) in [5.41, 5.74) is 4.43. The van der Waals surface area contributed by atoms with Gasteiger partial charge in [-0.05, 0) is 38.1 Å². The second-order valence-electron chi connectivity index (χ2n) is 8.49. The zero-order valence-electron chi connectivity index (χ0n) is 17.3. The van der Waals surface area contributed by atoms with Gasteiger partial charge in [0.05, 0.1) is 6.67 Å². The van der Waals surface area contributed by atoms with E-state index in [1.165, 1.54) is 11.1 Å². The van der Waals surface area contributed by atoms with Gasteiger partial charge < -0.3 is 9.80 Å². The third-order valence-electron chi connectivity index (χ3n) is 6.35. The monoisotopic (exact) mass is 396 g/mol. The molecule has 5 rings (SSSR count). The van der Waals surface area contributed by atoms with Crippen LogP contribution in [0.25, 0.3) is 0 Å². The second kappa shape index (κ2) is 6.84. The first-order valence-corrected chi connectivity index (χ1v) is 10.3. The maximum Gasteiger partial charge on any atom is 0.181 e. The summed E-state index contributed by atoms with van der Waals surface area (Å²) in [6.07, 6.45) is 0. The van der Waals surface area contributed by atoms with E-state index in [1.807, 2.05) is 12.1 Å². The topological polar surface area (TPSA) is 40.6 Å². The van der Waals surface area contributed by atoms with Crippen LogP contribution in [-0.2, 0) is 0 Å². The van der Waals surface area contributed by atoms with Crippen LogP contribution in [0, 0.1) is 19.3 Å². The third kappa shape index (κ3) is 2.83. The Labute approximate surface area is 176 Å². The summed E-state index contributed by atoms with van der Waals surface area (Å²) in [5.74, 6) is -0.117. The molecule has 0 amide bonds. The Balaban J connectivity index is 1.60.